The number of carboxylic acids is 1. The Labute approximate surface area is 228 Å². The van der Waals surface area contributed by atoms with Crippen LogP contribution in [0.2, 0.25) is 0 Å². The first kappa shape index (κ1) is 27.6. The van der Waals surface area contributed by atoms with Crippen molar-refractivity contribution in [1.29, 1.82) is 0 Å². The van der Waals surface area contributed by atoms with Crippen molar-refractivity contribution in [3.63, 3.8) is 0 Å². The third kappa shape index (κ3) is 6.37. The number of hydrogen-bond donors (Lipinski definition) is 1. The molecule has 1 aliphatic rings. The van der Waals surface area contributed by atoms with Crippen molar-refractivity contribution in [2.45, 2.75) is 45.4 Å². The largest absolute Gasteiger partial charge is 0.493 e. The van der Waals surface area contributed by atoms with Gasteiger partial charge >= 0.3 is 17.9 Å². The van der Waals surface area contributed by atoms with Gasteiger partial charge in [-0.3, -0.25) is 0 Å². The Bertz CT molecular complexity index is 1390. The number of esters is 2. The van der Waals surface area contributed by atoms with Crippen LogP contribution in [-0.4, -0.2) is 36.2 Å². The van der Waals surface area contributed by atoms with Gasteiger partial charge in [0.1, 0.15) is 11.5 Å². The summed E-state index contributed by atoms with van der Waals surface area (Å²) in [6.45, 7) is 8.59. The number of unbranched alkanes of at least 4 members (excludes halogenated alkanes) is 3. The maximum atomic E-state index is 12.8. The van der Waals surface area contributed by atoms with Crippen molar-refractivity contribution in [2.75, 3.05) is 13.2 Å². The van der Waals surface area contributed by atoms with Gasteiger partial charge in [0.2, 0.25) is 0 Å². The van der Waals surface area contributed by atoms with Crippen LogP contribution >= 0.6 is 0 Å². The third-order valence-corrected chi connectivity index (χ3v) is 6.96. The molecule has 0 saturated heterocycles. The minimum atomic E-state index is -1.04. The Morgan fingerprint density at radius 1 is 0.897 bits per heavy atom. The molecule has 1 N–H and O–H groups in total. The molecule has 3 aromatic carbocycles. The standard InChI is InChI=1S/C32H32O7/c1-4-29(33)38-18-8-6-5-7-17-37-28-16-15-26-25-14-11-23(19-27(25)20(2)30(26)21(28)3)32(36)39-24-12-9-22(10-13-24)31(34)35/h4,9-16,19-20H,1,5-8,17-18H2,2-3H3,(H,34,35). The molecule has 0 spiro atoms. The zero-order valence-corrected chi connectivity index (χ0v) is 22.2. The molecule has 0 radical (unpaired) electrons. The second-order valence-corrected chi connectivity index (χ2v) is 9.53. The molecule has 0 aliphatic heterocycles. The van der Waals surface area contributed by atoms with Gasteiger partial charge in [-0.25, -0.2) is 14.4 Å². The van der Waals surface area contributed by atoms with Gasteiger partial charge in [-0.1, -0.05) is 25.6 Å². The molecule has 1 unspecified atom stereocenters. The SMILES string of the molecule is C=CC(=O)OCCCCCCOc1ccc2c(c1C)C(C)c1cc(C(=O)Oc3ccc(C(=O)O)cc3)ccc1-2. The van der Waals surface area contributed by atoms with Crippen LogP contribution in [0.1, 0.15) is 75.9 Å². The van der Waals surface area contributed by atoms with Gasteiger partial charge in [-0.15, -0.1) is 0 Å². The minimum absolute atomic E-state index is 0.0828. The highest BCUT2D eigenvalue weighted by Gasteiger charge is 2.29. The van der Waals surface area contributed by atoms with Gasteiger partial charge in [0.05, 0.1) is 24.3 Å². The number of carboxylic acid groups (broad SMARTS) is 1. The Balaban J connectivity index is 1.36. The van der Waals surface area contributed by atoms with E-state index in [9.17, 15) is 14.4 Å². The van der Waals surface area contributed by atoms with E-state index in [1.54, 1.807) is 6.07 Å². The summed E-state index contributed by atoms with van der Waals surface area (Å²) in [5.74, 6) is -0.691. The average molecular weight is 529 g/mol. The van der Waals surface area contributed by atoms with E-state index in [0.717, 1.165) is 53.7 Å². The highest BCUT2D eigenvalue weighted by atomic mass is 16.5. The van der Waals surface area contributed by atoms with Crippen LogP contribution in [0.3, 0.4) is 0 Å². The van der Waals surface area contributed by atoms with Crippen LogP contribution in [0.4, 0.5) is 0 Å². The molecule has 1 aliphatic carbocycles. The van der Waals surface area contributed by atoms with Crippen LogP contribution in [0, 0.1) is 6.92 Å². The lowest BCUT2D eigenvalue weighted by molar-refractivity contribution is -0.137. The summed E-state index contributed by atoms with van der Waals surface area (Å²) in [6.07, 6.45) is 4.85. The normalized spacial score (nSPS) is 13.2. The predicted octanol–water partition coefficient (Wildman–Crippen LogP) is 6.71. The molecule has 7 nitrogen and oxygen atoms in total. The zero-order chi connectivity index (χ0) is 27.9. The molecule has 1 atom stereocenters. The maximum Gasteiger partial charge on any atom is 0.343 e. The first-order valence-corrected chi connectivity index (χ1v) is 13.1. The summed E-state index contributed by atoms with van der Waals surface area (Å²) in [5.41, 5.74) is 6.13. The molecule has 0 aromatic heterocycles. The highest BCUT2D eigenvalue weighted by Crippen LogP contribution is 2.48. The van der Waals surface area contributed by atoms with Gasteiger partial charge < -0.3 is 19.3 Å². The molecular weight excluding hydrogens is 496 g/mol. The summed E-state index contributed by atoms with van der Waals surface area (Å²) in [5, 5.41) is 9.04. The lowest BCUT2D eigenvalue weighted by atomic mass is 9.94. The van der Waals surface area contributed by atoms with E-state index in [2.05, 4.69) is 26.5 Å². The van der Waals surface area contributed by atoms with Crippen molar-refractivity contribution < 1.29 is 33.7 Å². The van der Waals surface area contributed by atoms with Gasteiger partial charge in [-0.2, -0.15) is 0 Å². The van der Waals surface area contributed by atoms with Gasteiger partial charge in [0, 0.05) is 12.0 Å². The lowest BCUT2D eigenvalue weighted by Gasteiger charge is -2.15. The molecule has 39 heavy (non-hydrogen) atoms. The molecule has 0 bridgehead atoms. The number of ether oxygens (including phenoxy) is 3. The van der Waals surface area contributed by atoms with Crippen LogP contribution in [0.15, 0.2) is 67.3 Å². The van der Waals surface area contributed by atoms with Crippen molar-refractivity contribution in [3.8, 4) is 22.6 Å². The van der Waals surface area contributed by atoms with Crippen LogP contribution in [0.25, 0.3) is 11.1 Å². The molecule has 0 saturated carbocycles. The minimum Gasteiger partial charge on any atom is -0.493 e. The van der Waals surface area contributed by atoms with Crippen LogP contribution < -0.4 is 9.47 Å². The van der Waals surface area contributed by atoms with Crippen molar-refractivity contribution in [2.24, 2.45) is 0 Å². The molecule has 3 aromatic rings. The quantitative estimate of drug-likeness (QED) is 0.121. The van der Waals surface area contributed by atoms with Crippen molar-refractivity contribution >= 4 is 17.9 Å². The Morgan fingerprint density at radius 3 is 2.26 bits per heavy atom. The highest BCUT2D eigenvalue weighted by molar-refractivity contribution is 5.94. The topological polar surface area (TPSA) is 99.1 Å². The fourth-order valence-electron chi connectivity index (χ4n) is 4.91. The number of hydrogen-bond acceptors (Lipinski definition) is 6. The van der Waals surface area contributed by atoms with E-state index < -0.39 is 11.9 Å². The maximum absolute atomic E-state index is 12.8. The molecule has 0 fully saturated rings. The first-order chi connectivity index (χ1) is 18.8. The van der Waals surface area contributed by atoms with E-state index in [4.69, 9.17) is 19.3 Å². The van der Waals surface area contributed by atoms with E-state index in [0.29, 0.717) is 18.8 Å². The smallest absolute Gasteiger partial charge is 0.343 e. The zero-order valence-electron chi connectivity index (χ0n) is 22.2. The molecule has 0 heterocycles. The Kier molecular flexibility index (Phi) is 8.81. The number of carbonyl (C=O) groups excluding carboxylic acids is 2. The molecule has 0 amide bonds. The van der Waals surface area contributed by atoms with Gasteiger partial charge in [-0.05, 0) is 103 Å². The Hall–Kier alpha value is -4.39. The Morgan fingerprint density at radius 2 is 1.56 bits per heavy atom. The van der Waals surface area contributed by atoms with Crippen molar-refractivity contribution in [3.05, 3.63) is 95.1 Å². The number of benzene rings is 3. The van der Waals surface area contributed by atoms with E-state index >= 15 is 0 Å². The summed E-state index contributed by atoms with van der Waals surface area (Å²) in [4.78, 5) is 34.9. The van der Waals surface area contributed by atoms with Crippen LogP contribution in [-0.2, 0) is 9.53 Å². The number of rotatable bonds is 12. The average Bonchev–Trinajstić information content (AvgIpc) is 3.22. The second kappa shape index (κ2) is 12.4. The third-order valence-electron chi connectivity index (χ3n) is 6.96. The molecule has 4 rings (SSSR count). The van der Waals surface area contributed by atoms with Crippen LogP contribution in [0.5, 0.6) is 11.5 Å². The number of carbonyl (C=O) groups is 3. The molecular formula is C32H32O7. The summed E-state index contributed by atoms with van der Waals surface area (Å²) in [6, 6.07) is 15.4. The summed E-state index contributed by atoms with van der Waals surface area (Å²) in [7, 11) is 0. The fourth-order valence-corrected chi connectivity index (χ4v) is 4.91. The number of fused-ring (bicyclic) bond motifs is 3. The molecule has 202 valence electrons. The van der Waals surface area contributed by atoms with Gasteiger partial charge in [0.15, 0.2) is 0 Å². The number of aromatic carboxylic acids is 1. The summed E-state index contributed by atoms with van der Waals surface area (Å²) >= 11 is 0. The first-order valence-electron chi connectivity index (χ1n) is 13.1. The van der Waals surface area contributed by atoms with Crippen molar-refractivity contribution in [1.82, 2.24) is 0 Å². The van der Waals surface area contributed by atoms with E-state index in [1.807, 2.05) is 18.2 Å². The monoisotopic (exact) mass is 528 g/mol. The lowest BCUT2D eigenvalue weighted by Crippen LogP contribution is -2.09. The van der Waals surface area contributed by atoms with E-state index in [1.165, 1.54) is 35.9 Å². The fraction of sp³-hybridized carbons (Fsp3) is 0.281. The van der Waals surface area contributed by atoms with Gasteiger partial charge in [0.25, 0.3) is 0 Å². The molecule has 7 heteroatoms. The van der Waals surface area contributed by atoms with E-state index in [-0.39, 0.29) is 23.2 Å². The summed E-state index contributed by atoms with van der Waals surface area (Å²) < 4.78 is 16.6. The second-order valence-electron chi connectivity index (χ2n) is 9.53. The predicted molar refractivity (Wildman–Crippen MR) is 148 cm³/mol.